The lowest BCUT2D eigenvalue weighted by atomic mass is 10.1. The zero-order valence-corrected chi connectivity index (χ0v) is 11.8. The van der Waals surface area contributed by atoms with Crippen LogP contribution >= 0.6 is 24.0 Å². The number of nitrogens with zero attached hydrogens (tertiary/aromatic N) is 2. The number of furan rings is 1. The van der Waals surface area contributed by atoms with Crippen molar-refractivity contribution in [3.05, 3.63) is 24.2 Å². The molecule has 2 N–H and O–H groups in total. The van der Waals surface area contributed by atoms with Gasteiger partial charge in [-0.2, -0.15) is 0 Å². The highest BCUT2D eigenvalue weighted by atomic mass is 127. The van der Waals surface area contributed by atoms with Crippen LogP contribution in [-0.2, 0) is 0 Å². The van der Waals surface area contributed by atoms with Crippen LogP contribution in [0.1, 0.15) is 25.0 Å². The first kappa shape index (κ1) is 13.3. The number of likely N-dealkylation sites (tertiary alicyclic amines) is 1. The minimum Gasteiger partial charge on any atom is -0.469 e. The Balaban J connectivity index is 0.00000128. The molecule has 0 aliphatic carbocycles. The van der Waals surface area contributed by atoms with Gasteiger partial charge in [0.2, 0.25) is 0 Å². The van der Waals surface area contributed by atoms with Gasteiger partial charge in [0.1, 0.15) is 5.76 Å². The van der Waals surface area contributed by atoms with Crippen molar-refractivity contribution >= 4 is 29.9 Å². The highest BCUT2D eigenvalue weighted by Gasteiger charge is 2.26. The molecule has 0 spiro atoms. The van der Waals surface area contributed by atoms with E-state index in [-0.39, 0.29) is 24.0 Å². The van der Waals surface area contributed by atoms with Crippen LogP contribution < -0.4 is 5.73 Å². The summed E-state index contributed by atoms with van der Waals surface area (Å²) in [5.41, 5.74) is 5.85. The highest BCUT2D eigenvalue weighted by molar-refractivity contribution is 14.0. The summed E-state index contributed by atoms with van der Waals surface area (Å²) < 4.78 is 5.40. The van der Waals surface area contributed by atoms with Crippen LogP contribution in [0.15, 0.2) is 27.8 Å². The van der Waals surface area contributed by atoms with Crippen LogP contribution in [0.2, 0.25) is 0 Å². The Morgan fingerprint density at radius 1 is 1.69 bits per heavy atom. The predicted molar refractivity (Wildman–Crippen MR) is 75.2 cm³/mol. The maximum Gasteiger partial charge on any atom is 0.191 e. The Hall–Kier alpha value is -0.720. The maximum absolute atomic E-state index is 5.85. The van der Waals surface area contributed by atoms with Crippen molar-refractivity contribution in [1.82, 2.24) is 4.90 Å². The molecule has 1 aliphatic rings. The van der Waals surface area contributed by atoms with Crippen LogP contribution in [0.3, 0.4) is 0 Å². The van der Waals surface area contributed by atoms with Gasteiger partial charge in [-0.3, -0.25) is 4.99 Å². The average Bonchev–Trinajstić information content (AvgIpc) is 2.89. The molecule has 1 atom stereocenters. The van der Waals surface area contributed by atoms with E-state index >= 15 is 0 Å². The molecule has 1 aliphatic heterocycles. The van der Waals surface area contributed by atoms with Crippen molar-refractivity contribution in [1.29, 1.82) is 0 Å². The van der Waals surface area contributed by atoms with E-state index in [1.165, 1.54) is 0 Å². The lowest BCUT2D eigenvalue weighted by Gasteiger charge is -2.16. The Bertz CT molecular complexity index is 337. The monoisotopic (exact) mass is 335 g/mol. The molecule has 2 rings (SSSR count). The molecule has 0 amide bonds. The van der Waals surface area contributed by atoms with Crippen LogP contribution in [0, 0.1) is 0 Å². The van der Waals surface area contributed by atoms with E-state index in [4.69, 9.17) is 10.2 Å². The normalized spacial score (nSPS) is 20.9. The van der Waals surface area contributed by atoms with Gasteiger partial charge in [0.15, 0.2) is 5.96 Å². The molecular formula is C11H18IN3O. The molecule has 4 nitrogen and oxygen atoms in total. The summed E-state index contributed by atoms with van der Waals surface area (Å²) in [6, 6.07) is 3.96. The molecule has 0 aromatic carbocycles. The van der Waals surface area contributed by atoms with Gasteiger partial charge < -0.3 is 15.1 Å². The van der Waals surface area contributed by atoms with Gasteiger partial charge in [0, 0.05) is 25.6 Å². The topological polar surface area (TPSA) is 54.8 Å². The van der Waals surface area contributed by atoms with Crippen molar-refractivity contribution in [2.45, 2.75) is 19.3 Å². The predicted octanol–water partition coefficient (Wildman–Crippen LogP) is 2.02. The fourth-order valence-electron chi connectivity index (χ4n) is 1.99. The first-order valence-electron chi connectivity index (χ1n) is 5.39. The van der Waals surface area contributed by atoms with Gasteiger partial charge in [-0.15, -0.1) is 24.0 Å². The number of hydrogen-bond donors (Lipinski definition) is 1. The molecule has 1 aromatic heterocycles. The largest absolute Gasteiger partial charge is 0.469 e. The Morgan fingerprint density at radius 2 is 2.50 bits per heavy atom. The smallest absolute Gasteiger partial charge is 0.191 e. The Kier molecular flexibility index (Phi) is 5.11. The zero-order valence-electron chi connectivity index (χ0n) is 9.43. The molecule has 2 heterocycles. The molecule has 1 fully saturated rings. The Labute approximate surface area is 113 Å². The van der Waals surface area contributed by atoms with Gasteiger partial charge in [-0.05, 0) is 25.5 Å². The summed E-state index contributed by atoms with van der Waals surface area (Å²) >= 11 is 0. The summed E-state index contributed by atoms with van der Waals surface area (Å²) in [4.78, 5) is 6.33. The van der Waals surface area contributed by atoms with Crippen molar-refractivity contribution < 1.29 is 4.42 Å². The number of nitrogens with two attached hydrogens (primary N) is 1. The summed E-state index contributed by atoms with van der Waals surface area (Å²) in [6.45, 7) is 4.63. The van der Waals surface area contributed by atoms with Gasteiger partial charge in [-0.1, -0.05) is 0 Å². The van der Waals surface area contributed by atoms with Crippen molar-refractivity contribution in [3.63, 3.8) is 0 Å². The summed E-state index contributed by atoms with van der Waals surface area (Å²) in [5, 5.41) is 0. The molecule has 16 heavy (non-hydrogen) atoms. The van der Waals surface area contributed by atoms with E-state index in [2.05, 4.69) is 9.89 Å². The molecule has 5 heteroatoms. The van der Waals surface area contributed by atoms with Crippen LogP contribution in [0.25, 0.3) is 0 Å². The lowest BCUT2D eigenvalue weighted by molar-refractivity contribution is 0.450. The zero-order chi connectivity index (χ0) is 10.7. The fraction of sp³-hybridized carbons (Fsp3) is 0.545. The minimum atomic E-state index is 0. The first-order valence-corrected chi connectivity index (χ1v) is 5.39. The third kappa shape index (κ3) is 2.90. The second-order valence-electron chi connectivity index (χ2n) is 3.78. The molecule has 90 valence electrons. The van der Waals surface area contributed by atoms with Crippen molar-refractivity contribution in [2.75, 3.05) is 19.6 Å². The Morgan fingerprint density at radius 3 is 3.12 bits per heavy atom. The van der Waals surface area contributed by atoms with Gasteiger partial charge >= 0.3 is 0 Å². The molecular weight excluding hydrogens is 317 g/mol. The van der Waals surface area contributed by atoms with E-state index < -0.39 is 0 Å². The van der Waals surface area contributed by atoms with Crippen molar-refractivity contribution in [2.24, 2.45) is 10.7 Å². The number of aliphatic imine (C=N–C) groups is 1. The second-order valence-corrected chi connectivity index (χ2v) is 3.78. The second kappa shape index (κ2) is 6.12. The van der Waals surface area contributed by atoms with Crippen LogP contribution in [0.4, 0.5) is 0 Å². The number of hydrogen-bond acceptors (Lipinski definition) is 2. The van der Waals surface area contributed by atoms with E-state index in [1.54, 1.807) is 6.26 Å². The number of guanidine groups is 1. The fourth-order valence-corrected chi connectivity index (χ4v) is 1.99. The summed E-state index contributed by atoms with van der Waals surface area (Å²) in [7, 11) is 0. The van der Waals surface area contributed by atoms with Gasteiger partial charge in [-0.25, -0.2) is 0 Å². The van der Waals surface area contributed by atoms with Gasteiger partial charge in [0.25, 0.3) is 0 Å². The third-order valence-corrected chi connectivity index (χ3v) is 2.78. The quantitative estimate of drug-likeness (QED) is 0.511. The SMILES string of the molecule is CCN=C(N)N1CCC(c2ccco2)C1.I. The number of rotatable bonds is 2. The first-order chi connectivity index (χ1) is 7.31. The molecule has 0 saturated carbocycles. The minimum absolute atomic E-state index is 0. The highest BCUT2D eigenvalue weighted by Crippen LogP contribution is 2.26. The van der Waals surface area contributed by atoms with E-state index in [9.17, 15) is 0 Å². The third-order valence-electron chi connectivity index (χ3n) is 2.78. The van der Waals surface area contributed by atoms with Crippen LogP contribution in [0.5, 0.6) is 0 Å². The van der Waals surface area contributed by atoms with E-state index in [0.717, 1.165) is 31.8 Å². The van der Waals surface area contributed by atoms with Crippen LogP contribution in [-0.4, -0.2) is 30.5 Å². The van der Waals surface area contributed by atoms with Gasteiger partial charge in [0.05, 0.1) is 6.26 Å². The maximum atomic E-state index is 5.85. The molecule has 1 saturated heterocycles. The number of halogens is 1. The summed E-state index contributed by atoms with van der Waals surface area (Å²) in [6.07, 6.45) is 2.81. The van der Waals surface area contributed by atoms with Crippen molar-refractivity contribution in [3.8, 4) is 0 Å². The average molecular weight is 335 g/mol. The lowest BCUT2D eigenvalue weighted by Crippen LogP contribution is -2.35. The van der Waals surface area contributed by atoms with E-state index in [1.807, 2.05) is 19.1 Å². The standard InChI is InChI=1S/C11H17N3O.HI/c1-2-13-11(12)14-6-5-9(8-14)10-4-3-7-15-10;/h3-4,7,9H,2,5-6,8H2,1H3,(H2,12,13);1H. The molecule has 0 radical (unpaired) electrons. The molecule has 0 bridgehead atoms. The molecule has 1 unspecified atom stereocenters. The summed E-state index contributed by atoms with van der Waals surface area (Å²) in [5.74, 6) is 2.18. The molecule has 1 aromatic rings. The van der Waals surface area contributed by atoms with E-state index in [0.29, 0.717) is 11.9 Å².